The number of benzene rings is 1. The minimum absolute atomic E-state index is 0.794. The van der Waals surface area contributed by atoms with E-state index >= 15 is 0 Å². The molecule has 0 aliphatic heterocycles. The molecular weight excluding hydrogens is 274 g/mol. The summed E-state index contributed by atoms with van der Waals surface area (Å²) in [5.74, 6) is 0.794. The van der Waals surface area contributed by atoms with E-state index in [9.17, 15) is 0 Å². The van der Waals surface area contributed by atoms with Gasteiger partial charge >= 0.3 is 0 Å². The average molecular weight is 289 g/mol. The normalized spacial score (nSPS) is 11.2. The minimum atomic E-state index is 0.794. The monoisotopic (exact) mass is 289 g/mol. The molecule has 0 amide bonds. The van der Waals surface area contributed by atoms with Crippen molar-refractivity contribution in [3.8, 4) is 16.9 Å². The van der Waals surface area contributed by atoms with Gasteiger partial charge in [0.05, 0.1) is 17.0 Å². The quantitative estimate of drug-likeness (QED) is 0.552. The van der Waals surface area contributed by atoms with Gasteiger partial charge < -0.3 is 9.09 Å². The van der Waals surface area contributed by atoms with Crippen LogP contribution in [0.1, 0.15) is 11.5 Å². The zero-order chi connectivity index (χ0) is 15.1. The second kappa shape index (κ2) is 4.84. The molecule has 3 heterocycles. The van der Waals surface area contributed by atoms with Crippen molar-refractivity contribution in [3.05, 3.63) is 66.2 Å². The maximum absolute atomic E-state index is 5.26. The third-order valence-corrected chi connectivity index (χ3v) is 3.86. The van der Waals surface area contributed by atoms with Crippen molar-refractivity contribution in [2.75, 3.05) is 0 Å². The standard InChI is InChI=1S/C18H15N3O/c1-12-17(13(2)22-20-12)16-9-8-14-10-11-21(18(14)19-16)15-6-4-3-5-7-15/h3-11H,1-2H3. The van der Waals surface area contributed by atoms with Crippen molar-refractivity contribution in [2.45, 2.75) is 13.8 Å². The maximum Gasteiger partial charge on any atom is 0.145 e. The third kappa shape index (κ3) is 1.92. The molecule has 108 valence electrons. The van der Waals surface area contributed by atoms with E-state index in [2.05, 4.69) is 34.0 Å². The molecule has 0 spiro atoms. The van der Waals surface area contributed by atoms with E-state index in [-0.39, 0.29) is 0 Å². The highest BCUT2D eigenvalue weighted by atomic mass is 16.5. The summed E-state index contributed by atoms with van der Waals surface area (Å²) in [5.41, 5.74) is 4.76. The smallest absolute Gasteiger partial charge is 0.145 e. The van der Waals surface area contributed by atoms with E-state index in [4.69, 9.17) is 9.51 Å². The average Bonchev–Trinajstić information content (AvgIpc) is 3.11. The Morgan fingerprint density at radius 1 is 0.955 bits per heavy atom. The Kier molecular flexibility index (Phi) is 2.82. The number of rotatable bonds is 2. The molecule has 0 atom stereocenters. The van der Waals surface area contributed by atoms with Crippen molar-refractivity contribution < 1.29 is 4.52 Å². The Morgan fingerprint density at radius 3 is 2.50 bits per heavy atom. The molecule has 0 aliphatic rings. The third-order valence-electron chi connectivity index (χ3n) is 3.86. The fourth-order valence-corrected chi connectivity index (χ4v) is 2.79. The largest absolute Gasteiger partial charge is 0.361 e. The lowest BCUT2D eigenvalue weighted by atomic mass is 10.1. The first-order valence-electron chi connectivity index (χ1n) is 7.21. The van der Waals surface area contributed by atoms with Crippen LogP contribution in [0.2, 0.25) is 0 Å². The Labute approximate surface area is 128 Å². The van der Waals surface area contributed by atoms with Crippen molar-refractivity contribution in [1.29, 1.82) is 0 Å². The molecule has 4 nitrogen and oxygen atoms in total. The lowest BCUT2D eigenvalue weighted by molar-refractivity contribution is 0.393. The van der Waals surface area contributed by atoms with Crippen LogP contribution in [0.25, 0.3) is 28.0 Å². The Hall–Kier alpha value is -2.88. The van der Waals surface area contributed by atoms with Crippen LogP contribution < -0.4 is 0 Å². The summed E-state index contributed by atoms with van der Waals surface area (Å²) >= 11 is 0. The summed E-state index contributed by atoms with van der Waals surface area (Å²) in [6, 6.07) is 16.4. The molecule has 0 radical (unpaired) electrons. The van der Waals surface area contributed by atoms with Crippen molar-refractivity contribution in [2.24, 2.45) is 0 Å². The zero-order valence-electron chi connectivity index (χ0n) is 12.4. The molecule has 0 saturated carbocycles. The molecule has 0 bridgehead atoms. The van der Waals surface area contributed by atoms with E-state index < -0.39 is 0 Å². The molecule has 0 unspecified atom stereocenters. The van der Waals surface area contributed by atoms with Gasteiger partial charge in [-0.1, -0.05) is 23.4 Å². The van der Waals surface area contributed by atoms with Gasteiger partial charge in [-0.3, -0.25) is 0 Å². The predicted octanol–water partition coefficient (Wildman–Crippen LogP) is 4.30. The summed E-state index contributed by atoms with van der Waals surface area (Å²) < 4.78 is 7.36. The van der Waals surface area contributed by atoms with Crippen molar-refractivity contribution in [3.63, 3.8) is 0 Å². The van der Waals surface area contributed by atoms with Crippen LogP contribution in [0.3, 0.4) is 0 Å². The van der Waals surface area contributed by atoms with Gasteiger partial charge in [0.25, 0.3) is 0 Å². The number of hydrogen-bond acceptors (Lipinski definition) is 3. The van der Waals surface area contributed by atoms with Crippen molar-refractivity contribution in [1.82, 2.24) is 14.7 Å². The molecule has 0 saturated heterocycles. The second-order valence-corrected chi connectivity index (χ2v) is 5.33. The molecule has 4 rings (SSSR count). The Bertz CT molecular complexity index is 932. The number of fused-ring (bicyclic) bond motifs is 1. The fourth-order valence-electron chi connectivity index (χ4n) is 2.79. The van der Waals surface area contributed by atoms with Crippen LogP contribution in [-0.4, -0.2) is 14.7 Å². The maximum atomic E-state index is 5.26. The van der Waals surface area contributed by atoms with Crippen LogP contribution in [-0.2, 0) is 0 Å². The number of para-hydroxylation sites is 1. The van der Waals surface area contributed by atoms with Gasteiger partial charge in [0.15, 0.2) is 0 Å². The van der Waals surface area contributed by atoms with E-state index in [0.717, 1.165) is 39.4 Å². The molecule has 4 aromatic rings. The lowest BCUT2D eigenvalue weighted by Gasteiger charge is -2.06. The van der Waals surface area contributed by atoms with Crippen LogP contribution in [0, 0.1) is 13.8 Å². The Morgan fingerprint density at radius 2 is 1.77 bits per heavy atom. The summed E-state index contributed by atoms with van der Waals surface area (Å²) in [6.45, 7) is 3.85. The number of pyridine rings is 1. The van der Waals surface area contributed by atoms with E-state index in [1.807, 2.05) is 44.3 Å². The highest BCUT2D eigenvalue weighted by Gasteiger charge is 2.14. The molecular formula is C18H15N3O. The Balaban J connectivity index is 1.94. The first-order chi connectivity index (χ1) is 10.7. The molecule has 22 heavy (non-hydrogen) atoms. The van der Waals surface area contributed by atoms with Gasteiger partial charge in [0.1, 0.15) is 11.4 Å². The number of aromatic nitrogens is 3. The lowest BCUT2D eigenvalue weighted by Crippen LogP contribution is -1.95. The van der Waals surface area contributed by atoms with Crippen LogP contribution in [0.15, 0.2) is 59.3 Å². The molecule has 4 heteroatoms. The van der Waals surface area contributed by atoms with Gasteiger partial charge in [0.2, 0.25) is 0 Å². The van der Waals surface area contributed by atoms with Crippen LogP contribution in [0.5, 0.6) is 0 Å². The number of nitrogens with zero attached hydrogens (tertiary/aromatic N) is 3. The van der Waals surface area contributed by atoms with Crippen LogP contribution in [0.4, 0.5) is 0 Å². The SMILES string of the molecule is Cc1noc(C)c1-c1ccc2ccn(-c3ccccc3)c2n1. The van der Waals surface area contributed by atoms with Gasteiger partial charge in [-0.2, -0.15) is 0 Å². The van der Waals surface area contributed by atoms with Crippen molar-refractivity contribution >= 4 is 11.0 Å². The highest BCUT2D eigenvalue weighted by Crippen LogP contribution is 2.28. The van der Waals surface area contributed by atoms with Gasteiger partial charge in [-0.25, -0.2) is 4.98 Å². The van der Waals surface area contributed by atoms with E-state index in [0.29, 0.717) is 0 Å². The zero-order valence-corrected chi connectivity index (χ0v) is 12.4. The summed E-state index contributed by atoms with van der Waals surface area (Å²) in [4.78, 5) is 4.84. The van der Waals surface area contributed by atoms with E-state index in [1.165, 1.54) is 0 Å². The molecule has 0 fully saturated rings. The van der Waals surface area contributed by atoms with Gasteiger partial charge in [-0.05, 0) is 44.2 Å². The summed E-state index contributed by atoms with van der Waals surface area (Å²) in [5, 5.41) is 5.13. The first kappa shape index (κ1) is 12.8. The molecule has 0 aliphatic carbocycles. The summed E-state index contributed by atoms with van der Waals surface area (Å²) in [7, 11) is 0. The molecule has 1 aromatic carbocycles. The van der Waals surface area contributed by atoms with Crippen LogP contribution >= 0.6 is 0 Å². The second-order valence-electron chi connectivity index (χ2n) is 5.33. The van der Waals surface area contributed by atoms with Gasteiger partial charge in [-0.15, -0.1) is 0 Å². The molecule has 3 aromatic heterocycles. The van der Waals surface area contributed by atoms with Gasteiger partial charge in [0, 0.05) is 17.3 Å². The number of aryl methyl sites for hydroxylation is 2. The predicted molar refractivity (Wildman–Crippen MR) is 86.0 cm³/mol. The minimum Gasteiger partial charge on any atom is -0.361 e. The fraction of sp³-hybridized carbons (Fsp3) is 0.111. The van der Waals surface area contributed by atoms with E-state index in [1.54, 1.807) is 0 Å². The highest BCUT2D eigenvalue weighted by molar-refractivity contribution is 5.81. The molecule has 0 N–H and O–H groups in total. The summed E-state index contributed by atoms with van der Waals surface area (Å²) in [6.07, 6.45) is 2.05. The topological polar surface area (TPSA) is 43.9 Å². The number of hydrogen-bond donors (Lipinski definition) is 0. The first-order valence-corrected chi connectivity index (χ1v) is 7.21.